The molecule has 1 aromatic heterocycles. The second kappa shape index (κ2) is 10.6. The van der Waals surface area contributed by atoms with Gasteiger partial charge < -0.3 is 4.90 Å². The lowest BCUT2D eigenvalue weighted by molar-refractivity contribution is 0.966. The second-order valence-electron chi connectivity index (χ2n) is 9.02. The van der Waals surface area contributed by atoms with E-state index in [9.17, 15) is 0 Å². The minimum atomic E-state index is 0.535. The molecule has 4 aromatic carbocycles. The van der Waals surface area contributed by atoms with Crippen LogP contribution in [0.5, 0.6) is 0 Å². The second-order valence-corrected chi connectivity index (χ2v) is 9.02. The van der Waals surface area contributed by atoms with Crippen LogP contribution in [0.1, 0.15) is 13.8 Å². The molecule has 2 heterocycles. The SMILES string of the molecule is CC=CC(=CC)N1c2cccc(c2)N(c2ccccc2)c2cccc(c2)N(c2ccccc2)c2ncnc1n2. The molecule has 39 heavy (non-hydrogen) atoms. The maximum absolute atomic E-state index is 5.02. The molecule has 0 unspecified atom stereocenters. The van der Waals surface area contributed by atoms with Crippen molar-refractivity contribution in [2.24, 2.45) is 0 Å². The van der Waals surface area contributed by atoms with E-state index < -0.39 is 0 Å². The van der Waals surface area contributed by atoms with Gasteiger partial charge in [0.15, 0.2) is 0 Å². The molecule has 0 atom stereocenters. The number of nitrogens with zero attached hydrogens (tertiary/aromatic N) is 6. The Morgan fingerprint density at radius 3 is 1.69 bits per heavy atom. The van der Waals surface area contributed by atoms with Crippen molar-refractivity contribution in [3.05, 3.63) is 139 Å². The van der Waals surface area contributed by atoms with Crippen LogP contribution in [0.25, 0.3) is 0 Å². The maximum atomic E-state index is 5.02. The molecule has 6 bridgehead atoms. The Morgan fingerprint density at radius 2 is 1.08 bits per heavy atom. The fourth-order valence-electron chi connectivity index (χ4n) is 4.87. The Hall–Kier alpha value is -5.23. The zero-order valence-corrected chi connectivity index (χ0v) is 21.9. The first-order chi connectivity index (χ1) is 19.3. The van der Waals surface area contributed by atoms with Crippen molar-refractivity contribution in [2.45, 2.75) is 13.8 Å². The quantitative estimate of drug-likeness (QED) is 0.226. The van der Waals surface area contributed by atoms with E-state index in [1.165, 1.54) is 0 Å². The van der Waals surface area contributed by atoms with Crippen LogP contribution in [0.2, 0.25) is 0 Å². The number of anilines is 8. The standard InChI is InChI=1S/C33H28N6/c1-3-13-25(4-2)38-30-20-11-18-28(22-30)37(26-14-7-5-8-15-26)29-19-12-21-31(23-29)39(27-16-9-6-10-17-27)33-35-24-34-32(38)36-33/h3-24H,1-2H3. The smallest absolute Gasteiger partial charge is 0.239 e. The molecule has 5 aromatic rings. The molecule has 0 spiro atoms. The van der Waals surface area contributed by atoms with Crippen LogP contribution in [-0.4, -0.2) is 15.0 Å². The lowest BCUT2D eigenvalue weighted by Crippen LogP contribution is -2.22. The summed E-state index contributed by atoms with van der Waals surface area (Å²) in [7, 11) is 0. The van der Waals surface area contributed by atoms with Gasteiger partial charge in [0.05, 0.1) is 11.4 Å². The summed E-state index contributed by atoms with van der Waals surface area (Å²) in [6, 6.07) is 37.5. The van der Waals surface area contributed by atoms with Crippen LogP contribution < -0.4 is 14.7 Å². The third-order valence-electron chi connectivity index (χ3n) is 6.56. The van der Waals surface area contributed by atoms with Gasteiger partial charge in [0.25, 0.3) is 0 Å². The van der Waals surface area contributed by atoms with Crippen molar-refractivity contribution < 1.29 is 0 Å². The summed E-state index contributed by atoms with van der Waals surface area (Å²) in [5.41, 5.74) is 6.92. The molecule has 0 saturated carbocycles. The van der Waals surface area contributed by atoms with E-state index in [4.69, 9.17) is 4.98 Å². The van der Waals surface area contributed by atoms with Gasteiger partial charge in [-0.15, -0.1) is 0 Å². The van der Waals surface area contributed by atoms with Crippen molar-refractivity contribution in [2.75, 3.05) is 14.7 Å². The van der Waals surface area contributed by atoms with Gasteiger partial charge in [-0.3, -0.25) is 9.80 Å². The fourth-order valence-corrected chi connectivity index (χ4v) is 4.87. The van der Waals surface area contributed by atoms with Crippen molar-refractivity contribution in [1.82, 2.24) is 15.0 Å². The van der Waals surface area contributed by atoms with Gasteiger partial charge in [-0.1, -0.05) is 60.7 Å². The molecule has 0 aliphatic carbocycles. The third-order valence-corrected chi connectivity index (χ3v) is 6.56. The van der Waals surface area contributed by atoms with Crippen LogP contribution in [0, 0.1) is 0 Å². The average Bonchev–Trinajstić information content (AvgIpc) is 2.99. The lowest BCUT2D eigenvalue weighted by atomic mass is 10.1. The summed E-state index contributed by atoms with van der Waals surface area (Å²) in [6.07, 6.45) is 7.73. The van der Waals surface area contributed by atoms with Crippen LogP contribution in [0.3, 0.4) is 0 Å². The normalized spacial score (nSPS) is 13.3. The lowest BCUT2D eigenvalue weighted by Gasteiger charge is -2.31. The molecule has 6 heteroatoms. The Bertz CT molecular complexity index is 1540. The molecule has 190 valence electrons. The Labute approximate surface area is 228 Å². The zero-order chi connectivity index (χ0) is 26.6. The zero-order valence-electron chi connectivity index (χ0n) is 21.9. The van der Waals surface area contributed by atoms with Crippen molar-refractivity contribution in [1.29, 1.82) is 0 Å². The molecule has 6 nitrogen and oxygen atoms in total. The molecule has 0 radical (unpaired) electrons. The van der Waals surface area contributed by atoms with E-state index in [0.717, 1.165) is 39.8 Å². The van der Waals surface area contributed by atoms with Gasteiger partial charge in [0.2, 0.25) is 11.9 Å². The van der Waals surface area contributed by atoms with E-state index in [2.05, 4.69) is 122 Å². The molecular weight excluding hydrogens is 480 g/mol. The summed E-state index contributed by atoms with van der Waals surface area (Å²) in [4.78, 5) is 20.7. The summed E-state index contributed by atoms with van der Waals surface area (Å²) in [5.74, 6) is 1.07. The highest BCUT2D eigenvalue weighted by Crippen LogP contribution is 2.42. The number of benzene rings is 4. The molecule has 6 rings (SSSR count). The van der Waals surface area contributed by atoms with E-state index in [1.807, 2.05) is 44.2 Å². The number of rotatable bonds is 4. The molecule has 0 amide bonds. The van der Waals surface area contributed by atoms with Crippen LogP contribution in [0.4, 0.5) is 46.0 Å². The highest BCUT2D eigenvalue weighted by atomic mass is 15.3. The van der Waals surface area contributed by atoms with Gasteiger partial charge in [0.1, 0.15) is 6.33 Å². The Kier molecular flexibility index (Phi) is 6.58. The highest BCUT2D eigenvalue weighted by molar-refractivity contribution is 5.84. The van der Waals surface area contributed by atoms with Crippen LogP contribution >= 0.6 is 0 Å². The van der Waals surface area contributed by atoms with Crippen molar-refractivity contribution >= 4 is 46.0 Å². The Balaban J connectivity index is 1.69. The van der Waals surface area contributed by atoms with E-state index in [1.54, 1.807) is 6.33 Å². The average molecular weight is 509 g/mol. The number of aromatic nitrogens is 3. The summed E-state index contributed by atoms with van der Waals surface area (Å²) < 4.78 is 0. The van der Waals surface area contributed by atoms with E-state index in [-0.39, 0.29) is 0 Å². The van der Waals surface area contributed by atoms with E-state index in [0.29, 0.717) is 11.9 Å². The first-order valence-electron chi connectivity index (χ1n) is 13.0. The summed E-state index contributed by atoms with van der Waals surface area (Å²) in [5, 5.41) is 0. The first kappa shape index (κ1) is 24.1. The monoisotopic (exact) mass is 508 g/mol. The van der Waals surface area contributed by atoms with Gasteiger partial charge in [0, 0.05) is 28.4 Å². The minimum Gasteiger partial charge on any atom is -0.310 e. The molecular formula is C33H28N6. The summed E-state index contributed by atoms with van der Waals surface area (Å²) >= 11 is 0. The molecule has 0 saturated heterocycles. The maximum Gasteiger partial charge on any atom is 0.239 e. The molecule has 1 aliphatic rings. The van der Waals surface area contributed by atoms with Gasteiger partial charge in [-0.2, -0.15) is 4.98 Å². The van der Waals surface area contributed by atoms with Crippen LogP contribution in [0.15, 0.2) is 139 Å². The van der Waals surface area contributed by atoms with Crippen molar-refractivity contribution in [3.63, 3.8) is 0 Å². The number of allylic oxidation sites excluding steroid dienone is 3. The predicted molar refractivity (Wildman–Crippen MR) is 160 cm³/mol. The number of hydrogen-bond acceptors (Lipinski definition) is 6. The predicted octanol–water partition coefficient (Wildman–Crippen LogP) is 8.74. The third kappa shape index (κ3) is 4.64. The minimum absolute atomic E-state index is 0.535. The number of hydrogen-bond donors (Lipinski definition) is 0. The fraction of sp³-hybridized carbons (Fsp3) is 0.0606. The van der Waals surface area contributed by atoms with Crippen LogP contribution in [-0.2, 0) is 0 Å². The summed E-state index contributed by atoms with van der Waals surface area (Å²) in [6.45, 7) is 4.03. The van der Waals surface area contributed by atoms with Crippen molar-refractivity contribution in [3.8, 4) is 0 Å². The number of para-hydroxylation sites is 2. The Morgan fingerprint density at radius 1 is 0.564 bits per heavy atom. The van der Waals surface area contributed by atoms with Gasteiger partial charge in [-0.05, 0) is 80.6 Å². The first-order valence-corrected chi connectivity index (χ1v) is 13.0. The largest absolute Gasteiger partial charge is 0.310 e. The van der Waals surface area contributed by atoms with Gasteiger partial charge >= 0.3 is 0 Å². The molecule has 0 N–H and O–H groups in total. The molecule has 1 aliphatic heterocycles. The molecule has 0 fully saturated rings. The number of fused-ring (bicyclic) bond motifs is 6. The highest BCUT2D eigenvalue weighted by Gasteiger charge is 2.24. The topological polar surface area (TPSA) is 48.4 Å². The van der Waals surface area contributed by atoms with E-state index >= 15 is 0 Å². The van der Waals surface area contributed by atoms with Gasteiger partial charge in [-0.25, -0.2) is 9.97 Å².